The van der Waals surface area contributed by atoms with E-state index in [1.54, 1.807) is 0 Å². The lowest BCUT2D eigenvalue weighted by atomic mass is 9.88. The molecule has 0 spiro atoms. The van der Waals surface area contributed by atoms with Crippen LogP contribution >= 0.6 is 0 Å². The predicted octanol–water partition coefficient (Wildman–Crippen LogP) is 5.65. The van der Waals surface area contributed by atoms with Gasteiger partial charge in [-0.3, -0.25) is 4.79 Å². The van der Waals surface area contributed by atoms with Crippen LogP contribution in [0.2, 0.25) is 0 Å². The summed E-state index contributed by atoms with van der Waals surface area (Å²) in [7, 11) is 0. The van der Waals surface area contributed by atoms with Crippen LogP contribution in [0.4, 0.5) is 0 Å². The fourth-order valence-corrected chi connectivity index (χ4v) is 2.77. The van der Waals surface area contributed by atoms with E-state index in [0.29, 0.717) is 56.7 Å². The van der Waals surface area contributed by atoms with E-state index in [4.69, 9.17) is 14.2 Å². The third kappa shape index (κ3) is 15.6. The second kappa shape index (κ2) is 14.0. The smallest absolute Gasteiger partial charge is 0.139 e. The van der Waals surface area contributed by atoms with E-state index in [9.17, 15) is 4.79 Å². The van der Waals surface area contributed by atoms with Crippen LogP contribution in [-0.2, 0) is 31.8 Å². The Morgan fingerprint density at radius 3 is 1.67 bits per heavy atom. The topological polar surface area (TPSA) is 44.8 Å². The largest absolute Gasteiger partial charge is 0.379 e. The highest BCUT2D eigenvalue weighted by atomic mass is 16.5. The molecule has 4 heteroatoms. The Balaban J connectivity index is 2.02. The van der Waals surface area contributed by atoms with Crippen molar-refractivity contribution in [3.8, 4) is 0 Å². The maximum absolute atomic E-state index is 12.1. The van der Waals surface area contributed by atoms with Crippen molar-refractivity contribution in [2.75, 3.05) is 39.6 Å². The van der Waals surface area contributed by atoms with Gasteiger partial charge in [0.1, 0.15) is 5.78 Å². The molecule has 0 heterocycles. The van der Waals surface area contributed by atoms with Crippen LogP contribution in [0.3, 0.4) is 0 Å². The summed E-state index contributed by atoms with van der Waals surface area (Å²) >= 11 is 0. The summed E-state index contributed by atoms with van der Waals surface area (Å²) in [6, 6.07) is 8.45. The van der Waals surface area contributed by atoms with E-state index in [1.807, 2.05) is 0 Å². The molecule has 4 nitrogen and oxygen atoms in total. The molecule has 0 amide bonds. The van der Waals surface area contributed by atoms with Crippen molar-refractivity contribution in [3.63, 3.8) is 0 Å². The van der Waals surface area contributed by atoms with Crippen molar-refractivity contribution >= 4 is 5.78 Å². The first-order valence-electron chi connectivity index (χ1n) is 11.4. The highest BCUT2D eigenvalue weighted by Crippen LogP contribution is 2.21. The van der Waals surface area contributed by atoms with Gasteiger partial charge in [-0.1, -0.05) is 65.8 Å². The zero-order valence-corrected chi connectivity index (χ0v) is 20.2. The standard InChI is InChI=1S/C26H44O4/c1-25(2,3)13-11-22-7-9-23(10-8-22)21-24(27)12-15-28-17-19-30-20-18-29-16-14-26(4,5)6/h7-10H,11-21H2,1-6H3. The number of hydrogen-bond acceptors (Lipinski definition) is 4. The van der Waals surface area contributed by atoms with E-state index in [-0.39, 0.29) is 5.78 Å². The highest BCUT2D eigenvalue weighted by Gasteiger charge is 2.10. The summed E-state index contributed by atoms with van der Waals surface area (Å²) in [6.07, 6.45) is 4.21. The molecule has 0 aliphatic heterocycles. The molecule has 0 aliphatic carbocycles. The minimum atomic E-state index is 0.214. The van der Waals surface area contributed by atoms with Crippen molar-refractivity contribution in [2.45, 2.75) is 73.6 Å². The molecule has 0 bridgehead atoms. The lowest BCUT2D eigenvalue weighted by Crippen LogP contribution is -2.14. The molecule has 0 N–H and O–H groups in total. The van der Waals surface area contributed by atoms with Gasteiger partial charge in [0.2, 0.25) is 0 Å². The molecule has 0 saturated carbocycles. The molecular formula is C26H44O4. The molecule has 172 valence electrons. The van der Waals surface area contributed by atoms with Gasteiger partial charge in [-0.2, -0.15) is 0 Å². The van der Waals surface area contributed by atoms with E-state index in [1.165, 1.54) is 5.56 Å². The number of Topliss-reactive ketones (excluding diaryl/α,β-unsaturated/α-hetero) is 1. The Bertz CT molecular complexity index is 579. The molecule has 0 saturated heterocycles. The Morgan fingerprint density at radius 2 is 1.13 bits per heavy atom. The fraction of sp³-hybridized carbons (Fsp3) is 0.731. The van der Waals surface area contributed by atoms with Gasteiger partial charge in [0, 0.05) is 19.4 Å². The molecule has 0 fully saturated rings. The molecule has 0 radical (unpaired) electrons. The molecule has 30 heavy (non-hydrogen) atoms. The van der Waals surface area contributed by atoms with Crippen molar-refractivity contribution < 1.29 is 19.0 Å². The van der Waals surface area contributed by atoms with Gasteiger partial charge in [0.15, 0.2) is 0 Å². The number of carbonyl (C=O) groups excluding carboxylic acids is 1. The lowest BCUT2D eigenvalue weighted by molar-refractivity contribution is -0.119. The van der Waals surface area contributed by atoms with Gasteiger partial charge in [0.25, 0.3) is 0 Å². The normalized spacial score (nSPS) is 12.3. The van der Waals surface area contributed by atoms with Gasteiger partial charge < -0.3 is 14.2 Å². The first-order valence-corrected chi connectivity index (χ1v) is 11.4. The van der Waals surface area contributed by atoms with Crippen molar-refractivity contribution in [3.05, 3.63) is 35.4 Å². The van der Waals surface area contributed by atoms with Crippen LogP contribution in [0.15, 0.2) is 24.3 Å². The second-order valence-corrected chi connectivity index (χ2v) is 10.5. The zero-order valence-electron chi connectivity index (χ0n) is 20.2. The summed E-state index contributed by atoms with van der Waals surface area (Å²) in [5.41, 5.74) is 3.07. The maximum Gasteiger partial charge on any atom is 0.139 e. The number of hydrogen-bond donors (Lipinski definition) is 0. The molecule has 0 atom stereocenters. The Kier molecular flexibility index (Phi) is 12.5. The van der Waals surface area contributed by atoms with Crippen molar-refractivity contribution in [2.24, 2.45) is 10.8 Å². The second-order valence-electron chi connectivity index (χ2n) is 10.5. The first-order chi connectivity index (χ1) is 14.1. The molecule has 0 aromatic heterocycles. The lowest BCUT2D eigenvalue weighted by Gasteiger charge is -2.17. The monoisotopic (exact) mass is 420 g/mol. The molecule has 0 unspecified atom stereocenters. The minimum Gasteiger partial charge on any atom is -0.379 e. The number of benzene rings is 1. The Morgan fingerprint density at radius 1 is 0.667 bits per heavy atom. The number of ether oxygens (including phenoxy) is 3. The summed E-state index contributed by atoms with van der Waals surface area (Å²) in [6.45, 7) is 16.9. The first kappa shape index (κ1) is 26.8. The summed E-state index contributed by atoms with van der Waals surface area (Å²) < 4.78 is 16.5. The quantitative estimate of drug-likeness (QED) is 0.344. The zero-order chi connectivity index (χ0) is 22.5. The van der Waals surface area contributed by atoms with Crippen LogP contribution in [0, 0.1) is 10.8 Å². The molecule has 1 rings (SSSR count). The van der Waals surface area contributed by atoms with Crippen LogP contribution < -0.4 is 0 Å². The average molecular weight is 421 g/mol. The van der Waals surface area contributed by atoms with Gasteiger partial charge in [0.05, 0.1) is 33.0 Å². The highest BCUT2D eigenvalue weighted by molar-refractivity contribution is 5.80. The average Bonchev–Trinajstić information content (AvgIpc) is 2.64. The Labute approximate surface area is 184 Å². The SMILES string of the molecule is CC(C)(C)CCOCCOCCOCCC(=O)Cc1ccc(CCC(C)(C)C)cc1. The third-order valence-corrected chi connectivity index (χ3v) is 4.85. The van der Waals surface area contributed by atoms with Crippen LogP contribution in [-0.4, -0.2) is 45.4 Å². The van der Waals surface area contributed by atoms with Crippen molar-refractivity contribution in [1.29, 1.82) is 0 Å². The van der Waals surface area contributed by atoms with E-state index in [2.05, 4.69) is 65.8 Å². The van der Waals surface area contributed by atoms with Gasteiger partial charge >= 0.3 is 0 Å². The summed E-state index contributed by atoms with van der Waals surface area (Å²) in [5.74, 6) is 0.214. The number of aryl methyl sites for hydroxylation is 1. The summed E-state index contributed by atoms with van der Waals surface area (Å²) in [4.78, 5) is 12.1. The number of carbonyl (C=O) groups is 1. The van der Waals surface area contributed by atoms with E-state index in [0.717, 1.165) is 31.4 Å². The van der Waals surface area contributed by atoms with Crippen LogP contribution in [0.25, 0.3) is 0 Å². The third-order valence-electron chi connectivity index (χ3n) is 4.85. The van der Waals surface area contributed by atoms with Crippen molar-refractivity contribution in [1.82, 2.24) is 0 Å². The van der Waals surface area contributed by atoms with Crippen LogP contribution in [0.1, 0.15) is 71.9 Å². The van der Waals surface area contributed by atoms with Crippen LogP contribution in [0.5, 0.6) is 0 Å². The number of rotatable bonds is 15. The predicted molar refractivity (Wildman–Crippen MR) is 124 cm³/mol. The molecule has 1 aromatic rings. The van der Waals surface area contributed by atoms with Gasteiger partial charge in [-0.05, 0) is 41.2 Å². The van der Waals surface area contributed by atoms with E-state index < -0.39 is 0 Å². The molecular weight excluding hydrogens is 376 g/mol. The molecule has 1 aromatic carbocycles. The summed E-state index contributed by atoms with van der Waals surface area (Å²) in [5, 5.41) is 0. The van der Waals surface area contributed by atoms with E-state index >= 15 is 0 Å². The maximum atomic E-state index is 12.1. The molecule has 0 aliphatic rings. The number of ketones is 1. The van der Waals surface area contributed by atoms with Gasteiger partial charge in [-0.25, -0.2) is 0 Å². The van der Waals surface area contributed by atoms with Gasteiger partial charge in [-0.15, -0.1) is 0 Å². The fourth-order valence-electron chi connectivity index (χ4n) is 2.77. The minimum absolute atomic E-state index is 0.214. The Hall–Kier alpha value is -1.23.